The van der Waals surface area contributed by atoms with Crippen LogP contribution in [-0.4, -0.2) is 36.9 Å². The minimum atomic E-state index is -0.549. The van der Waals surface area contributed by atoms with Crippen LogP contribution in [0.4, 0.5) is 0 Å². The molecule has 0 spiro atoms. The van der Waals surface area contributed by atoms with E-state index >= 15 is 0 Å². The van der Waals surface area contributed by atoms with E-state index in [0.29, 0.717) is 16.7 Å². The maximum Gasteiger partial charge on any atom is 0.303 e. The van der Waals surface area contributed by atoms with Crippen LogP contribution in [0.25, 0.3) is 5.78 Å². The summed E-state index contributed by atoms with van der Waals surface area (Å²) in [5.41, 5.74) is 1.36. The molecule has 6 nitrogen and oxygen atoms in total. The van der Waals surface area contributed by atoms with Crippen molar-refractivity contribution in [1.82, 2.24) is 19.6 Å². The second-order valence-electron chi connectivity index (χ2n) is 5.29. The molecule has 0 atom stereocenters. The van der Waals surface area contributed by atoms with Crippen LogP contribution >= 0.6 is 11.8 Å². The quantitative estimate of drug-likeness (QED) is 0.636. The first-order valence-electron chi connectivity index (χ1n) is 6.30. The van der Waals surface area contributed by atoms with Crippen LogP contribution in [-0.2, 0) is 9.53 Å². The highest BCUT2D eigenvalue weighted by atomic mass is 32.2. The lowest BCUT2D eigenvalue weighted by molar-refractivity contribution is -0.151. The van der Waals surface area contributed by atoms with Crippen molar-refractivity contribution >= 4 is 23.5 Å². The van der Waals surface area contributed by atoms with Gasteiger partial charge in [-0.15, -0.1) is 5.10 Å². The molecule has 0 saturated heterocycles. The summed E-state index contributed by atoms with van der Waals surface area (Å²) in [6.45, 7) is 9.03. The highest BCUT2D eigenvalue weighted by Gasteiger charge is 2.22. The largest absolute Gasteiger partial charge is 0.459 e. The number of fused-ring (bicyclic) bond motifs is 1. The predicted octanol–water partition coefficient (Wildman–Crippen LogP) is 2.17. The average molecular weight is 294 g/mol. The number of aromatic nitrogens is 4. The molecule has 20 heavy (non-hydrogen) atoms. The van der Waals surface area contributed by atoms with E-state index in [1.807, 2.05) is 33.8 Å². The van der Waals surface area contributed by atoms with Gasteiger partial charge in [-0.3, -0.25) is 4.79 Å². The maximum atomic E-state index is 11.0. The molecule has 0 N–H and O–H groups in total. The highest BCUT2D eigenvalue weighted by Crippen LogP contribution is 2.22. The topological polar surface area (TPSA) is 69.4 Å². The number of thioether (sulfide) groups is 1. The number of carbonyl (C=O) groups excluding carboxylic acids is 1. The zero-order valence-electron chi connectivity index (χ0n) is 12.3. The smallest absolute Gasteiger partial charge is 0.303 e. The van der Waals surface area contributed by atoms with Gasteiger partial charge in [0, 0.05) is 24.1 Å². The van der Waals surface area contributed by atoms with Crippen LogP contribution in [0.2, 0.25) is 0 Å². The van der Waals surface area contributed by atoms with Crippen LogP contribution in [0.5, 0.6) is 0 Å². The molecule has 0 aliphatic heterocycles. The number of hydrogen-bond acceptors (Lipinski definition) is 6. The van der Waals surface area contributed by atoms with E-state index in [4.69, 9.17) is 4.74 Å². The van der Waals surface area contributed by atoms with Gasteiger partial charge in [0.15, 0.2) is 0 Å². The Morgan fingerprint density at radius 2 is 2.10 bits per heavy atom. The lowest BCUT2D eigenvalue weighted by Crippen LogP contribution is -2.29. The van der Waals surface area contributed by atoms with Gasteiger partial charge < -0.3 is 4.74 Å². The van der Waals surface area contributed by atoms with Crippen LogP contribution in [0.1, 0.15) is 32.2 Å². The summed E-state index contributed by atoms with van der Waals surface area (Å²) in [7, 11) is 0. The first-order valence-corrected chi connectivity index (χ1v) is 7.29. The Kier molecular flexibility index (Phi) is 3.99. The summed E-state index contributed by atoms with van der Waals surface area (Å²) < 4.78 is 6.96. The number of esters is 1. The molecule has 2 heterocycles. The van der Waals surface area contributed by atoms with Crippen molar-refractivity contribution in [3.63, 3.8) is 0 Å². The van der Waals surface area contributed by atoms with Crippen molar-refractivity contribution in [1.29, 1.82) is 0 Å². The molecular formula is C13H18N4O2S. The number of carbonyl (C=O) groups is 1. The third kappa shape index (κ3) is 3.47. The van der Waals surface area contributed by atoms with Gasteiger partial charge in [0.05, 0.1) is 0 Å². The predicted molar refractivity (Wildman–Crippen MR) is 76.8 cm³/mol. The lowest BCUT2D eigenvalue weighted by atomic mass is 10.2. The number of nitrogens with zero attached hydrogens (tertiary/aromatic N) is 4. The summed E-state index contributed by atoms with van der Waals surface area (Å²) in [4.78, 5) is 19.7. The van der Waals surface area contributed by atoms with Gasteiger partial charge in [-0.25, -0.2) is 9.50 Å². The fourth-order valence-corrected chi connectivity index (χ4v) is 2.69. The minimum absolute atomic E-state index is 0.285. The molecule has 2 aromatic heterocycles. The molecule has 0 unspecified atom stereocenters. The second-order valence-corrected chi connectivity index (χ2v) is 6.23. The summed E-state index contributed by atoms with van der Waals surface area (Å²) in [6.07, 6.45) is 0. The first kappa shape index (κ1) is 14.8. The Bertz CT molecular complexity index is 651. The van der Waals surface area contributed by atoms with Crippen LogP contribution in [0.15, 0.2) is 11.2 Å². The summed E-state index contributed by atoms with van der Waals surface area (Å²) in [5, 5.41) is 5.03. The fraction of sp³-hybridized carbons (Fsp3) is 0.538. The van der Waals surface area contributed by atoms with Gasteiger partial charge in [0.25, 0.3) is 5.78 Å². The molecular weight excluding hydrogens is 276 g/mol. The molecule has 0 radical (unpaired) electrons. The second kappa shape index (κ2) is 5.40. The van der Waals surface area contributed by atoms with E-state index in [9.17, 15) is 4.79 Å². The molecule has 0 fully saturated rings. The van der Waals surface area contributed by atoms with E-state index in [0.717, 1.165) is 11.4 Å². The van der Waals surface area contributed by atoms with E-state index < -0.39 is 5.60 Å². The third-order valence-electron chi connectivity index (χ3n) is 2.57. The third-order valence-corrected chi connectivity index (χ3v) is 3.84. The number of ether oxygens (including phenoxy) is 1. The Morgan fingerprint density at radius 1 is 1.40 bits per heavy atom. The van der Waals surface area contributed by atoms with Gasteiger partial charge in [0.1, 0.15) is 5.60 Å². The van der Waals surface area contributed by atoms with Gasteiger partial charge in [-0.2, -0.15) is 4.98 Å². The van der Waals surface area contributed by atoms with Crippen LogP contribution in [0.3, 0.4) is 0 Å². The summed E-state index contributed by atoms with van der Waals surface area (Å²) in [5.74, 6) is 0.892. The normalized spacial score (nSPS) is 11.8. The van der Waals surface area contributed by atoms with Gasteiger partial charge in [0.2, 0.25) is 5.16 Å². The SMILES string of the molecule is CC(=O)OC(C)(C)CSc1nc2nc(C)cc(C)n2n1. The monoisotopic (exact) mass is 294 g/mol. The standard InChI is InChI=1S/C13H18N4O2S/c1-8-6-9(2)17-11(14-8)15-12(16-17)20-7-13(4,5)19-10(3)18/h6H,7H2,1-5H3. The summed E-state index contributed by atoms with van der Waals surface area (Å²) in [6, 6.07) is 1.96. The van der Waals surface area contributed by atoms with Crippen molar-refractivity contribution in [2.45, 2.75) is 45.4 Å². The Hall–Kier alpha value is -1.63. The van der Waals surface area contributed by atoms with Crippen LogP contribution in [0, 0.1) is 13.8 Å². The number of rotatable bonds is 4. The molecule has 0 aliphatic rings. The van der Waals surface area contributed by atoms with Crippen molar-refractivity contribution in [3.05, 3.63) is 17.5 Å². The maximum absolute atomic E-state index is 11.0. The van der Waals surface area contributed by atoms with Crippen molar-refractivity contribution < 1.29 is 9.53 Å². The molecule has 0 saturated carbocycles. The van der Waals surface area contributed by atoms with E-state index in [1.165, 1.54) is 18.7 Å². The fourth-order valence-electron chi connectivity index (χ4n) is 1.87. The van der Waals surface area contributed by atoms with Crippen LogP contribution < -0.4 is 0 Å². The van der Waals surface area contributed by atoms with E-state index in [2.05, 4.69) is 15.1 Å². The first-order chi connectivity index (χ1) is 9.27. The highest BCUT2D eigenvalue weighted by molar-refractivity contribution is 7.99. The zero-order valence-corrected chi connectivity index (χ0v) is 13.1. The van der Waals surface area contributed by atoms with Gasteiger partial charge in [-0.1, -0.05) is 11.8 Å². The summed E-state index contributed by atoms with van der Waals surface area (Å²) >= 11 is 1.45. The molecule has 7 heteroatoms. The average Bonchev–Trinajstić information content (AvgIpc) is 2.68. The van der Waals surface area contributed by atoms with Gasteiger partial charge >= 0.3 is 5.97 Å². The van der Waals surface area contributed by atoms with E-state index in [1.54, 1.807) is 4.52 Å². The van der Waals surface area contributed by atoms with Crippen molar-refractivity contribution in [2.75, 3.05) is 5.75 Å². The Balaban J connectivity index is 2.15. The lowest BCUT2D eigenvalue weighted by Gasteiger charge is -2.22. The molecule has 2 aromatic rings. The van der Waals surface area contributed by atoms with E-state index in [-0.39, 0.29) is 5.97 Å². The zero-order chi connectivity index (χ0) is 14.9. The molecule has 0 aliphatic carbocycles. The van der Waals surface area contributed by atoms with Crippen molar-refractivity contribution in [2.24, 2.45) is 0 Å². The number of hydrogen-bond donors (Lipinski definition) is 0. The molecule has 0 amide bonds. The number of aryl methyl sites for hydroxylation is 2. The molecule has 0 bridgehead atoms. The van der Waals surface area contributed by atoms with Gasteiger partial charge in [-0.05, 0) is 33.8 Å². The Labute approximate surface area is 121 Å². The minimum Gasteiger partial charge on any atom is -0.459 e. The molecule has 0 aromatic carbocycles. The molecule has 108 valence electrons. The molecule has 2 rings (SSSR count). The van der Waals surface area contributed by atoms with Crippen molar-refractivity contribution in [3.8, 4) is 0 Å². The Morgan fingerprint density at radius 3 is 2.75 bits per heavy atom.